The van der Waals surface area contributed by atoms with Crippen molar-refractivity contribution in [3.05, 3.63) is 100 Å². The molecule has 0 aliphatic carbocycles. The van der Waals surface area contributed by atoms with E-state index in [-0.39, 0.29) is 17.1 Å². The van der Waals surface area contributed by atoms with Crippen LogP contribution >= 0.6 is 11.6 Å². The number of nitrogens with one attached hydrogen (secondary N) is 1. The lowest BCUT2D eigenvalue weighted by Gasteiger charge is -2.15. The molecule has 4 rings (SSSR count). The van der Waals surface area contributed by atoms with E-state index < -0.39 is 15.9 Å². The summed E-state index contributed by atoms with van der Waals surface area (Å²) >= 11 is 6.10. The molecule has 1 fully saturated rings. The van der Waals surface area contributed by atoms with E-state index in [1.54, 1.807) is 60.7 Å². The van der Waals surface area contributed by atoms with Gasteiger partial charge in [-0.2, -0.15) is 0 Å². The Morgan fingerprint density at radius 1 is 0.879 bits per heavy atom. The maximum Gasteiger partial charge on any atom is 0.255 e. The number of hydrogen-bond donors (Lipinski definition) is 1. The summed E-state index contributed by atoms with van der Waals surface area (Å²) in [4.78, 5) is 25.8. The third kappa shape index (κ3) is 5.50. The fraction of sp³-hybridized carbons (Fsp3) is 0.200. The molecule has 6 nitrogen and oxygen atoms in total. The maximum absolute atomic E-state index is 13.0. The molecule has 0 radical (unpaired) electrons. The first-order valence-electron chi connectivity index (χ1n) is 10.6. The van der Waals surface area contributed by atoms with Crippen molar-refractivity contribution in [2.24, 2.45) is 0 Å². The molecular formula is C25H23ClN2O4S. The van der Waals surface area contributed by atoms with Gasteiger partial charge in [-0.3, -0.25) is 9.59 Å². The van der Waals surface area contributed by atoms with Crippen molar-refractivity contribution in [1.82, 2.24) is 4.31 Å². The molecule has 8 heteroatoms. The summed E-state index contributed by atoms with van der Waals surface area (Å²) in [6.07, 6.45) is 1.77. The van der Waals surface area contributed by atoms with Gasteiger partial charge in [-0.15, -0.1) is 0 Å². The highest BCUT2D eigenvalue weighted by molar-refractivity contribution is 7.88. The molecule has 0 unspecified atom stereocenters. The number of amides is 1. The summed E-state index contributed by atoms with van der Waals surface area (Å²) in [5.41, 5.74) is 2.09. The molecule has 0 saturated carbocycles. The molecule has 1 aliphatic heterocycles. The van der Waals surface area contributed by atoms with Crippen LogP contribution in [0.3, 0.4) is 0 Å². The molecule has 3 aromatic carbocycles. The summed E-state index contributed by atoms with van der Waals surface area (Å²) in [7, 11) is -3.36. The summed E-state index contributed by atoms with van der Waals surface area (Å²) in [5, 5.41) is 3.16. The van der Waals surface area contributed by atoms with Gasteiger partial charge in [0.25, 0.3) is 5.91 Å². The molecule has 1 N–H and O–H groups in total. The number of rotatable bonds is 7. The molecule has 0 spiro atoms. The molecule has 1 saturated heterocycles. The molecular weight excluding hydrogens is 460 g/mol. The summed E-state index contributed by atoms with van der Waals surface area (Å²) in [6, 6.07) is 19.9. The third-order valence-electron chi connectivity index (χ3n) is 5.53. The number of sulfonamides is 1. The number of carbonyl (C=O) groups excluding carboxylic acids is 2. The number of nitrogens with zero attached hydrogens (tertiary/aromatic N) is 1. The lowest BCUT2D eigenvalue weighted by atomic mass is 10.0. The van der Waals surface area contributed by atoms with Crippen LogP contribution < -0.4 is 5.32 Å². The SMILES string of the molecule is O=C(Nc1ccc(Cl)cc1C(=O)c1ccccc1)c1ccc(CS(=O)(=O)N2CCCC2)cc1. The Hall–Kier alpha value is -3.00. The van der Waals surface area contributed by atoms with Crippen LogP contribution in [-0.2, 0) is 15.8 Å². The number of halogens is 1. The predicted octanol–water partition coefficient (Wildman–Crippen LogP) is 4.75. The number of ketones is 1. The van der Waals surface area contributed by atoms with Gasteiger partial charge in [0, 0.05) is 34.8 Å². The van der Waals surface area contributed by atoms with E-state index in [2.05, 4.69) is 5.32 Å². The van der Waals surface area contributed by atoms with E-state index in [0.29, 0.717) is 40.5 Å². The van der Waals surface area contributed by atoms with Gasteiger partial charge in [-0.05, 0) is 48.7 Å². The van der Waals surface area contributed by atoms with Crippen molar-refractivity contribution in [3.8, 4) is 0 Å². The van der Waals surface area contributed by atoms with Crippen LogP contribution in [0.15, 0.2) is 72.8 Å². The second-order valence-corrected chi connectivity index (χ2v) is 10.3. The first kappa shape index (κ1) is 23.2. The Labute approximate surface area is 198 Å². The van der Waals surface area contributed by atoms with Crippen molar-refractivity contribution in [3.63, 3.8) is 0 Å². The van der Waals surface area contributed by atoms with E-state index in [9.17, 15) is 18.0 Å². The number of hydrogen-bond acceptors (Lipinski definition) is 4. The van der Waals surface area contributed by atoms with E-state index in [4.69, 9.17) is 11.6 Å². The topological polar surface area (TPSA) is 83.5 Å². The standard InChI is InChI=1S/C25H23ClN2O4S/c26-21-12-13-23(22(16-21)24(29)19-6-2-1-3-7-19)27-25(30)20-10-8-18(9-11-20)17-33(31,32)28-14-4-5-15-28/h1-3,6-13,16H,4-5,14-15,17H2,(H,27,30). The van der Waals surface area contributed by atoms with Crippen molar-refractivity contribution in [2.45, 2.75) is 18.6 Å². The zero-order chi connectivity index (χ0) is 23.4. The molecule has 1 aliphatic rings. The Bertz CT molecular complexity index is 1270. The lowest BCUT2D eigenvalue weighted by molar-refractivity contribution is 0.102. The number of carbonyl (C=O) groups is 2. The highest BCUT2D eigenvalue weighted by atomic mass is 35.5. The van der Waals surface area contributed by atoms with Gasteiger partial charge in [-0.1, -0.05) is 54.1 Å². The second-order valence-electron chi connectivity index (χ2n) is 7.90. The predicted molar refractivity (Wildman–Crippen MR) is 129 cm³/mol. The van der Waals surface area contributed by atoms with Crippen molar-refractivity contribution in [2.75, 3.05) is 18.4 Å². The molecule has 1 heterocycles. The fourth-order valence-corrected chi connectivity index (χ4v) is 5.56. The van der Waals surface area contributed by atoms with Crippen LogP contribution in [0, 0.1) is 0 Å². The Balaban J connectivity index is 1.50. The van der Waals surface area contributed by atoms with Crippen LogP contribution in [0.1, 0.15) is 44.7 Å². The molecule has 0 aromatic heterocycles. The quantitative estimate of drug-likeness (QED) is 0.492. The Morgan fingerprint density at radius 3 is 2.21 bits per heavy atom. The first-order valence-corrected chi connectivity index (χ1v) is 12.6. The molecule has 1 amide bonds. The van der Waals surface area contributed by atoms with Crippen LogP contribution in [0.5, 0.6) is 0 Å². The minimum Gasteiger partial charge on any atom is -0.321 e. The van der Waals surface area contributed by atoms with Crippen LogP contribution in [-0.4, -0.2) is 37.5 Å². The second kappa shape index (κ2) is 9.87. The lowest BCUT2D eigenvalue weighted by Crippen LogP contribution is -2.29. The Morgan fingerprint density at radius 2 is 1.55 bits per heavy atom. The van der Waals surface area contributed by atoms with E-state index >= 15 is 0 Å². The molecule has 170 valence electrons. The average molecular weight is 483 g/mol. The van der Waals surface area contributed by atoms with Crippen LogP contribution in [0.4, 0.5) is 5.69 Å². The smallest absolute Gasteiger partial charge is 0.255 e. The monoisotopic (exact) mass is 482 g/mol. The molecule has 3 aromatic rings. The van der Waals surface area contributed by atoms with Gasteiger partial charge in [-0.25, -0.2) is 12.7 Å². The van der Waals surface area contributed by atoms with Crippen molar-refractivity contribution < 1.29 is 18.0 Å². The first-order chi connectivity index (χ1) is 15.8. The fourth-order valence-electron chi connectivity index (χ4n) is 3.77. The third-order valence-corrected chi connectivity index (χ3v) is 7.62. The van der Waals surface area contributed by atoms with E-state index in [1.807, 2.05) is 6.07 Å². The molecule has 0 atom stereocenters. The van der Waals surface area contributed by atoms with Gasteiger partial charge in [0.15, 0.2) is 5.78 Å². The highest BCUT2D eigenvalue weighted by Crippen LogP contribution is 2.25. The largest absolute Gasteiger partial charge is 0.321 e. The minimum atomic E-state index is -3.36. The van der Waals surface area contributed by atoms with Crippen molar-refractivity contribution >= 4 is 39.0 Å². The van der Waals surface area contributed by atoms with Gasteiger partial charge < -0.3 is 5.32 Å². The molecule has 0 bridgehead atoms. The average Bonchev–Trinajstić information content (AvgIpc) is 3.37. The van der Waals surface area contributed by atoms with E-state index in [1.165, 1.54) is 10.4 Å². The van der Waals surface area contributed by atoms with Gasteiger partial charge in [0.05, 0.1) is 11.4 Å². The summed E-state index contributed by atoms with van der Waals surface area (Å²) in [5.74, 6) is -0.758. The molecule has 33 heavy (non-hydrogen) atoms. The summed E-state index contributed by atoms with van der Waals surface area (Å²) in [6.45, 7) is 1.13. The zero-order valence-electron chi connectivity index (χ0n) is 17.8. The van der Waals surface area contributed by atoms with Gasteiger partial charge in [0.2, 0.25) is 10.0 Å². The Kier molecular flexibility index (Phi) is 6.93. The number of anilines is 1. The maximum atomic E-state index is 13.0. The highest BCUT2D eigenvalue weighted by Gasteiger charge is 2.25. The normalized spacial score (nSPS) is 14.2. The van der Waals surface area contributed by atoms with Gasteiger partial charge >= 0.3 is 0 Å². The van der Waals surface area contributed by atoms with Crippen molar-refractivity contribution in [1.29, 1.82) is 0 Å². The van der Waals surface area contributed by atoms with Gasteiger partial charge in [0.1, 0.15) is 0 Å². The summed E-state index contributed by atoms with van der Waals surface area (Å²) < 4.78 is 26.5. The minimum absolute atomic E-state index is 0.0954. The number of benzene rings is 3. The van der Waals surface area contributed by atoms with E-state index in [0.717, 1.165) is 12.8 Å². The zero-order valence-corrected chi connectivity index (χ0v) is 19.4. The van der Waals surface area contributed by atoms with Crippen LogP contribution in [0.25, 0.3) is 0 Å². The van der Waals surface area contributed by atoms with Crippen LogP contribution in [0.2, 0.25) is 5.02 Å².